The first kappa shape index (κ1) is 12.7. The molecule has 0 saturated carbocycles. The minimum Gasteiger partial charge on any atom is -0.377 e. The first-order valence-corrected chi connectivity index (χ1v) is 6.96. The molecule has 0 aliphatic heterocycles. The van der Waals surface area contributed by atoms with E-state index in [4.69, 9.17) is 23.2 Å². The zero-order valence-electron chi connectivity index (χ0n) is 9.63. The van der Waals surface area contributed by atoms with Crippen molar-refractivity contribution in [2.24, 2.45) is 0 Å². The average molecular weight is 286 g/mol. The molecule has 17 heavy (non-hydrogen) atoms. The SMILES string of the molecule is Cc1ccc(Cl)c(NC(C)c2csc(Cl)c2)c1. The Morgan fingerprint density at radius 2 is 2.00 bits per heavy atom. The molecule has 1 atom stereocenters. The fourth-order valence-corrected chi connectivity index (χ4v) is 2.77. The maximum absolute atomic E-state index is 6.15. The minimum atomic E-state index is 0.193. The van der Waals surface area contributed by atoms with Gasteiger partial charge in [0.05, 0.1) is 15.0 Å². The van der Waals surface area contributed by atoms with E-state index in [0.717, 1.165) is 15.0 Å². The van der Waals surface area contributed by atoms with E-state index in [1.54, 1.807) is 11.3 Å². The summed E-state index contributed by atoms with van der Waals surface area (Å²) >= 11 is 13.6. The number of benzene rings is 1. The van der Waals surface area contributed by atoms with Gasteiger partial charge in [-0.25, -0.2) is 0 Å². The minimum absolute atomic E-state index is 0.193. The number of anilines is 1. The molecule has 0 saturated heterocycles. The molecule has 4 heteroatoms. The number of halogens is 2. The predicted molar refractivity (Wildman–Crippen MR) is 77.6 cm³/mol. The number of aryl methyl sites for hydroxylation is 1. The molecule has 2 rings (SSSR count). The Bertz CT molecular complexity index is 522. The van der Waals surface area contributed by atoms with Crippen molar-refractivity contribution < 1.29 is 0 Å². The number of hydrogen-bond donors (Lipinski definition) is 1. The van der Waals surface area contributed by atoms with Crippen LogP contribution in [0.25, 0.3) is 0 Å². The molecule has 0 amide bonds. The Labute approximate surface area is 115 Å². The summed E-state index contributed by atoms with van der Waals surface area (Å²) in [5.74, 6) is 0. The van der Waals surface area contributed by atoms with Gasteiger partial charge in [0.2, 0.25) is 0 Å². The van der Waals surface area contributed by atoms with Crippen molar-refractivity contribution in [3.63, 3.8) is 0 Å². The van der Waals surface area contributed by atoms with Crippen LogP contribution in [0.5, 0.6) is 0 Å². The summed E-state index contributed by atoms with van der Waals surface area (Å²) in [6.07, 6.45) is 0. The van der Waals surface area contributed by atoms with Crippen LogP contribution in [-0.2, 0) is 0 Å². The van der Waals surface area contributed by atoms with E-state index in [-0.39, 0.29) is 6.04 Å². The van der Waals surface area contributed by atoms with Crippen LogP contribution in [0.4, 0.5) is 5.69 Å². The van der Waals surface area contributed by atoms with Gasteiger partial charge in [-0.2, -0.15) is 0 Å². The van der Waals surface area contributed by atoms with Crippen molar-refractivity contribution in [1.82, 2.24) is 0 Å². The zero-order valence-corrected chi connectivity index (χ0v) is 12.0. The number of hydrogen-bond acceptors (Lipinski definition) is 2. The van der Waals surface area contributed by atoms with Crippen LogP contribution in [0.3, 0.4) is 0 Å². The zero-order chi connectivity index (χ0) is 12.4. The van der Waals surface area contributed by atoms with Crippen molar-refractivity contribution in [3.05, 3.63) is 50.1 Å². The van der Waals surface area contributed by atoms with Crippen LogP contribution in [0.1, 0.15) is 24.1 Å². The molecule has 0 spiro atoms. The fourth-order valence-electron chi connectivity index (χ4n) is 1.62. The summed E-state index contributed by atoms with van der Waals surface area (Å²) in [7, 11) is 0. The van der Waals surface area contributed by atoms with Gasteiger partial charge >= 0.3 is 0 Å². The van der Waals surface area contributed by atoms with Gasteiger partial charge in [0, 0.05) is 6.04 Å². The second-order valence-electron chi connectivity index (χ2n) is 4.03. The third kappa shape index (κ3) is 3.15. The van der Waals surface area contributed by atoms with Crippen molar-refractivity contribution in [2.75, 3.05) is 5.32 Å². The largest absolute Gasteiger partial charge is 0.377 e. The second kappa shape index (κ2) is 5.30. The van der Waals surface area contributed by atoms with Gasteiger partial charge in [-0.15, -0.1) is 11.3 Å². The van der Waals surface area contributed by atoms with Crippen molar-refractivity contribution >= 4 is 40.2 Å². The van der Waals surface area contributed by atoms with E-state index in [1.165, 1.54) is 11.1 Å². The van der Waals surface area contributed by atoms with Crippen LogP contribution in [-0.4, -0.2) is 0 Å². The van der Waals surface area contributed by atoms with Crippen LogP contribution in [0.2, 0.25) is 9.36 Å². The van der Waals surface area contributed by atoms with Gasteiger partial charge in [0.1, 0.15) is 0 Å². The molecule has 0 aliphatic carbocycles. The lowest BCUT2D eigenvalue weighted by molar-refractivity contribution is 0.890. The highest BCUT2D eigenvalue weighted by Gasteiger charge is 2.09. The molecular formula is C13H13Cl2NS. The molecule has 1 N–H and O–H groups in total. The summed E-state index contributed by atoms with van der Waals surface area (Å²) in [6, 6.07) is 8.13. The maximum Gasteiger partial charge on any atom is 0.0931 e. The predicted octanol–water partition coefficient (Wildman–Crippen LogP) is 5.54. The lowest BCUT2D eigenvalue weighted by Crippen LogP contribution is -2.06. The summed E-state index contributed by atoms with van der Waals surface area (Å²) in [5, 5.41) is 6.20. The summed E-state index contributed by atoms with van der Waals surface area (Å²) in [5.41, 5.74) is 3.33. The number of nitrogens with one attached hydrogen (secondary N) is 1. The fraction of sp³-hybridized carbons (Fsp3) is 0.231. The third-order valence-electron chi connectivity index (χ3n) is 2.58. The van der Waals surface area contributed by atoms with Crippen LogP contribution >= 0.6 is 34.5 Å². The summed E-state index contributed by atoms with van der Waals surface area (Å²) < 4.78 is 0.809. The third-order valence-corrected chi connectivity index (χ3v) is 4.02. The van der Waals surface area contributed by atoms with Gasteiger partial charge in [-0.1, -0.05) is 29.3 Å². The lowest BCUT2D eigenvalue weighted by Gasteiger charge is -2.15. The van der Waals surface area contributed by atoms with E-state index < -0.39 is 0 Å². The quantitative estimate of drug-likeness (QED) is 0.781. The van der Waals surface area contributed by atoms with E-state index >= 15 is 0 Å². The molecule has 1 unspecified atom stereocenters. The first-order valence-electron chi connectivity index (χ1n) is 5.33. The molecule has 0 fully saturated rings. The normalized spacial score (nSPS) is 12.5. The summed E-state index contributed by atoms with van der Waals surface area (Å²) in [4.78, 5) is 0. The maximum atomic E-state index is 6.15. The Morgan fingerprint density at radius 1 is 1.24 bits per heavy atom. The monoisotopic (exact) mass is 285 g/mol. The van der Waals surface area contributed by atoms with Gasteiger partial charge in [0.25, 0.3) is 0 Å². The average Bonchev–Trinajstić information content (AvgIpc) is 2.70. The van der Waals surface area contributed by atoms with Crippen LogP contribution < -0.4 is 5.32 Å². The van der Waals surface area contributed by atoms with E-state index in [2.05, 4.69) is 17.6 Å². The Morgan fingerprint density at radius 3 is 2.65 bits per heavy atom. The van der Waals surface area contributed by atoms with Gasteiger partial charge in [-0.3, -0.25) is 0 Å². The molecule has 90 valence electrons. The van der Waals surface area contributed by atoms with Crippen molar-refractivity contribution in [3.8, 4) is 0 Å². The van der Waals surface area contributed by atoms with E-state index in [0.29, 0.717) is 0 Å². The van der Waals surface area contributed by atoms with Crippen molar-refractivity contribution in [1.29, 1.82) is 0 Å². The molecule has 0 bridgehead atoms. The van der Waals surface area contributed by atoms with Gasteiger partial charge in [-0.05, 0) is 48.6 Å². The molecule has 0 radical (unpaired) electrons. The molecule has 1 aromatic heterocycles. The molecule has 1 nitrogen and oxygen atoms in total. The Hall–Kier alpha value is -0.700. The second-order valence-corrected chi connectivity index (χ2v) is 5.98. The highest BCUT2D eigenvalue weighted by atomic mass is 35.5. The molecule has 1 aromatic carbocycles. The van der Waals surface area contributed by atoms with E-state index in [1.807, 2.05) is 31.2 Å². The Kier molecular flexibility index (Phi) is 3.97. The highest BCUT2D eigenvalue weighted by molar-refractivity contribution is 7.14. The molecule has 1 heterocycles. The Balaban J connectivity index is 2.18. The first-order chi connectivity index (χ1) is 8.06. The standard InChI is InChI=1S/C13H13Cl2NS/c1-8-3-4-11(14)12(5-8)16-9(2)10-6-13(15)17-7-10/h3-7,9,16H,1-2H3. The van der Waals surface area contributed by atoms with Crippen LogP contribution in [0.15, 0.2) is 29.6 Å². The smallest absolute Gasteiger partial charge is 0.0931 e. The molecular weight excluding hydrogens is 273 g/mol. The summed E-state index contributed by atoms with van der Waals surface area (Å²) in [6.45, 7) is 4.14. The lowest BCUT2D eigenvalue weighted by atomic mass is 10.1. The van der Waals surface area contributed by atoms with Gasteiger partial charge in [0.15, 0.2) is 0 Å². The van der Waals surface area contributed by atoms with E-state index in [9.17, 15) is 0 Å². The van der Waals surface area contributed by atoms with Gasteiger partial charge < -0.3 is 5.32 Å². The molecule has 2 aromatic rings. The highest BCUT2D eigenvalue weighted by Crippen LogP contribution is 2.30. The topological polar surface area (TPSA) is 12.0 Å². The van der Waals surface area contributed by atoms with Crippen molar-refractivity contribution in [2.45, 2.75) is 19.9 Å². The number of rotatable bonds is 3. The van der Waals surface area contributed by atoms with Crippen LogP contribution in [0, 0.1) is 6.92 Å². The molecule has 0 aliphatic rings. The number of thiophene rings is 1.